The minimum absolute atomic E-state index is 0.0267. The summed E-state index contributed by atoms with van der Waals surface area (Å²) in [4.78, 5) is 12.5. The number of carbonyl (C=O) groups excluding carboxylic acids is 1. The van der Waals surface area contributed by atoms with E-state index in [0.717, 1.165) is 34.9 Å². The maximum Gasteiger partial charge on any atom is 0.411 e. The van der Waals surface area contributed by atoms with Crippen LogP contribution in [0.4, 0.5) is 21.9 Å². The van der Waals surface area contributed by atoms with Crippen LogP contribution in [0.3, 0.4) is 0 Å². The Labute approximate surface area is 238 Å². The van der Waals surface area contributed by atoms with Crippen molar-refractivity contribution >= 4 is 23.2 Å². The van der Waals surface area contributed by atoms with Crippen molar-refractivity contribution in [3.8, 4) is 0 Å². The van der Waals surface area contributed by atoms with E-state index in [0.29, 0.717) is 19.4 Å². The summed E-state index contributed by atoms with van der Waals surface area (Å²) >= 11 is 0. The largest absolute Gasteiger partial charge is 0.769 e. The topological polar surface area (TPSA) is 141 Å². The molecular formula is C31H31N3O7-2. The third-order valence-electron chi connectivity index (χ3n) is 6.51. The first-order valence-electron chi connectivity index (χ1n) is 13.0. The summed E-state index contributed by atoms with van der Waals surface area (Å²) in [7, 11) is 0. The lowest BCUT2D eigenvalue weighted by Gasteiger charge is -2.38. The Morgan fingerprint density at radius 2 is 1.32 bits per heavy atom. The van der Waals surface area contributed by atoms with Gasteiger partial charge in [-0.3, -0.25) is 15.7 Å². The first kappa shape index (κ1) is 29.5. The Morgan fingerprint density at radius 3 is 1.78 bits per heavy atom. The van der Waals surface area contributed by atoms with Crippen LogP contribution in [0.1, 0.15) is 36.5 Å². The molecule has 0 aliphatic rings. The van der Waals surface area contributed by atoms with Gasteiger partial charge in [-0.2, -0.15) is 0 Å². The van der Waals surface area contributed by atoms with Crippen LogP contribution in [0.5, 0.6) is 0 Å². The molecule has 4 aromatic carbocycles. The second-order valence-corrected chi connectivity index (χ2v) is 9.40. The maximum absolute atomic E-state index is 12.5. The minimum atomic E-state index is -0.849. The van der Waals surface area contributed by atoms with E-state index in [2.05, 4.69) is 5.32 Å². The van der Waals surface area contributed by atoms with Crippen LogP contribution in [-0.4, -0.2) is 29.2 Å². The van der Waals surface area contributed by atoms with E-state index in [1.54, 1.807) is 6.92 Å². The molecule has 4 aromatic rings. The van der Waals surface area contributed by atoms with Crippen molar-refractivity contribution < 1.29 is 24.7 Å². The van der Waals surface area contributed by atoms with Crippen LogP contribution in [0.2, 0.25) is 0 Å². The van der Waals surface area contributed by atoms with Crippen molar-refractivity contribution in [2.45, 2.75) is 31.5 Å². The smallest absolute Gasteiger partial charge is 0.411 e. The molecule has 41 heavy (non-hydrogen) atoms. The van der Waals surface area contributed by atoms with E-state index >= 15 is 0 Å². The number of benzene rings is 4. The molecule has 0 saturated heterocycles. The fourth-order valence-electron chi connectivity index (χ4n) is 4.64. The lowest BCUT2D eigenvalue weighted by atomic mass is 9.80. The Morgan fingerprint density at radius 1 is 0.829 bits per heavy atom. The Kier molecular flexibility index (Phi) is 9.91. The summed E-state index contributed by atoms with van der Waals surface area (Å²) in [6.45, 7) is 2.10. The van der Waals surface area contributed by atoms with Crippen LogP contribution in [0, 0.1) is 10.4 Å². The number of hydrogen-bond acceptors (Lipinski definition) is 9. The monoisotopic (exact) mass is 557 g/mol. The zero-order chi connectivity index (χ0) is 29.2. The lowest BCUT2D eigenvalue weighted by Crippen LogP contribution is -2.33. The molecule has 10 heteroatoms. The van der Waals surface area contributed by atoms with Gasteiger partial charge in [0.2, 0.25) is 0 Å². The average molecular weight is 558 g/mol. The number of anilines is 3. The highest BCUT2D eigenvalue weighted by Crippen LogP contribution is 2.40. The Hall–Kier alpha value is -4.45. The normalized spacial score (nSPS) is 11.9. The third kappa shape index (κ3) is 7.40. The van der Waals surface area contributed by atoms with Gasteiger partial charge in [0.25, 0.3) is 0 Å². The van der Waals surface area contributed by atoms with Gasteiger partial charge in [-0.05, 0) is 54.7 Å². The van der Waals surface area contributed by atoms with Gasteiger partial charge in [0.15, 0.2) is 0 Å². The van der Waals surface area contributed by atoms with Gasteiger partial charge < -0.3 is 25.1 Å². The van der Waals surface area contributed by atoms with E-state index in [4.69, 9.17) is 9.47 Å². The van der Waals surface area contributed by atoms with Crippen LogP contribution in [0.15, 0.2) is 109 Å². The molecule has 0 saturated carbocycles. The van der Waals surface area contributed by atoms with Gasteiger partial charge in [0, 0.05) is 18.0 Å². The maximum atomic E-state index is 12.5. The van der Waals surface area contributed by atoms with Crippen molar-refractivity contribution in [2.24, 2.45) is 0 Å². The number of amides is 1. The van der Waals surface area contributed by atoms with Crippen molar-refractivity contribution in [1.82, 2.24) is 0 Å². The standard InChI is InChI=1S/C31H31N3O7/c1-23(41-30(35)32-27-20-28(33(36)37)22-29(21-27)34(38)39)12-11-19-40-31(24-13-5-2-6-14-24,25-15-7-3-8-16-25)26-17-9-4-10-18-26/h2-10,13-18,20-23,36-37H,11-12,19H2,1H3,(H,32,35)/q-2. The molecule has 1 amide bonds. The molecule has 0 aromatic heterocycles. The average Bonchev–Trinajstić information content (AvgIpc) is 2.98. The highest BCUT2D eigenvalue weighted by Gasteiger charge is 2.37. The zero-order valence-corrected chi connectivity index (χ0v) is 22.4. The predicted molar refractivity (Wildman–Crippen MR) is 156 cm³/mol. The van der Waals surface area contributed by atoms with Gasteiger partial charge in [0.1, 0.15) is 11.7 Å². The molecule has 0 aliphatic heterocycles. The minimum Gasteiger partial charge on any atom is -0.769 e. The second kappa shape index (κ2) is 13.8. The summed E-state index contributed by atoms with van der Waals surface area (Å²) in [5.41, 5.74) is 1.36. The summed E-state index contributed by atoms with van der Waals surface area (Å²) in [5, 5.41) is 42.2. The number of hydrogen-bond donors (Lipinski definition) is 3. The quantitative estimate of drug-likeness (QED) is 0.0974. The molecule has 10 nitrogen and oxygen atoms in total. The van der Waals surface area contributed by atoms with E-state index in [1.165, 1.54) is 0 Å². The van der Waals surface area contributed by atoms with Crippen molar-refractivity contribution in [3.05, 3.63) is 136 Å². The number of nitrogens with zero attached hydrogens (tertiary/aromatic N) is 2. The lowest BCUT2D eigenvalue weighted by molar-refractivity contribution is 0.00602. The van der Waals surface area contributed by atoms with Gasteiger partial charge in [-0.1, -0.05) is 91.0 Å². The van der Waals surface area contributed by atoms with Crippen LogP contribution in [0.25, 0.3) is 0 Å². The van der Waals surface area contributed by atoms with Crippen molar-refractivity contribution in [3.63, 3.8) is 0 Å². The molecule has 214 valence electrons. The molecule has 0 radical (unpaired) electrons. The highest BCUT2D eigenvalue weighted by atomic mass is 16.8. The van der Waals surface area contributed by atoms with E-state index in [1.807, 2.05) is 91.0 Å². The molecular weight excluding hydrogens is 526 g/mol. The highest BCUT2D eigenvalue weighted by molar-refractivity contribution is 5.87. The summed E-state index contributed by atoms with van der Waals surface area (Å²) in [6, 6.07) is 33.2. The van der Waals surface area contributed by atoms with E-state index < -0.39 is 28.7 Å². The molecule has 4 rings (SSSR count). The van der Waals surface area contributed by atoms with Gasteiger partial charge in [-0.25, -0.2) is 4.79 Å². The first-order valence-corrected chi connectivity index (χ1v) is 13.0. The molecule has 0 heterocycles. The number of carbonyl (C=O) groups is 1. The second-order valence-electron chi connectivity index (χ2n) is 9.40. The number of nitrogens with one attached hydrogen (secondary N) is 1. The summed E-state index contributed by atoms with van der Waals surface area (Å²) in [5.74, 6) is 0. The van der Waals surface area contributed by atoms with Gasteiger partial charge >= 0.3 is 6.09 Å². The van der Waals surface area contributed by atoms with Crippen LogP contribution >= 0.6 is 0 Å². The van der Waals surface area contributed by atoms with Crippen molar-refractivity contribution in [2.75, 3.05) is 22.4 Å². The van der Waals surface area contributed by atoms with E-state index in [9.17, 15) is 25.6 Å². The third-order valence-corrected chi connectivity index (χ3v) is 6.51. The molecule has 1 atom stereocenters. The van der Waals surface area contributed by atoms with Crippen LogP contribution < -0.4 is 15.8 Å². The van der Waals surface area contributed by atoms with Crippen molar-refractivity contribution in [1.29, 1.82) is 0 Å². The predicted octanol–water partition coefficient (Wildman–Crippen LogP) is 6.80. The summed E-state index contributed by atoms with van der Waals surface area (Å²) < 4.78 is 12.2. The molecule has 3 N–H and O–H groups in total. The number of ether oxygens (including phenoxy) is 2. The fraction of sp³-hybridized carbons (Fsp3) is 0.194. The molecule has 1 unspecified atom stereocenters. The SMILES string of the molecule is CC(CCCOC(c1ccccc1)(c1ccccc1)c1ccccc1)OC(=O)Nc1cc(N([O-])[O-])cc(N(O)O)c1. The Bertz CT molecular complexity index is 1260. The molecule has 0 fully saturated rings. The van der Waals surface area contributed by atoms with E-state index in [-0.39, 0.29) is 16.6 Å². The van der Waals surface area contributed by atoms with Gasteiger partial charge in [0.05, 0.1) is 5.69 Å². The van der Waals surface area contributed by atoms with Gasteiger partial charge in [-0.15, -0.1) is 5.23 Å². The Balaban J connectivity index is 1.43. The number of rotatable bonds is 12. The fourth-order valence-corrected chi connectivity index (χ4v) is 4.64. The molecule has 0 spiro atoms. The van der Waals surface area contributed by atoms with Crippen LogP contribution in [-0.2, 0) is 15.1 Å². The molecule has 0 bridgehead atoms. The molecule has 0 aliphatic carbocycles. The summed E-state index contributed by atoms with van der Waals surface area (Å²) in [6.07, 6.45) is -0.264. The zero-order valence-electron chi connectivity index (χ0n) is 22.4. The first-order chi connectivity index (χ1) is 19.8.